The van der Waals surface area contributed by atoms with Gasteiger partial charge in [-0.15, -0.1) is 10.2 Å². The van der Waals surface area contributed by atoms with Crippen LogP contribution in [0, 0.1) is 0 Å². The summed E-state index contributed by atoms with van der Waals surface area (Å²) in [6, 6.07) is 15.5. The first-order valence-corrected chi connectivity index (χ1v) is 10.7. The molecule has 1 unspecified atom stereocenters. The summed E-state index contributed by atoms with van der Waals surface area (Å²) in [6.45, 7) is 4.17. The normalized spacial score (nSPS) is 15.3. The summed E-state index contributed by atoms with van der Waals surface area (Å²) in [7, 11) is 0. The second kappa shape index (κ2) is 8.21. The van der Waals surface area contributed by atoms with E-state index in [0.29, 0.717) is 18.2 Å². The molecule has 0 N–H and O–H groups in total. The average Bonchev–Trinajstić information content (AvgIpc) is 2.88. The van der Waals surface area contributed by atoms with E-state index in [2.05, 4.69) is 10.2 Å². The van der Waals surface area contributed by atoms with Crippen molar-refractivity contribution in [1.82, 2.24) is 15.2 Å². The van der Waals surface area contributed by atoms with Crippen LogP contribution in [0.4, 0.5) is 5.69 Å². The number of carbonyl (C=O) groups is 1. The van der Waals surface area contributed by atoms with Gasteiger partial charge in [0, 0.05) is 18.9 Å². The number of ether oxygens (including phenoxy) is 1. The van der Waals surface area contributed by atoms with Crippen molar-refractivity contribution in [3.8, 4) is 17.0 Å². The van der Waals surface area contributed by atoms with E-state index in [4.69, 9.17) is 9.72 Å². The van der Waals surface area contributed by atoms with Crippen molar-refractivity contribution < 1.29 is 9.53 Å². The molecule has 1 atom stereocenters. The molecule has 29 heavy (non-hydrogen) atoms. The van der Waals surface area contributed by atoms with Crippen LogP contribution < -0.4 is 9.64 Å². The average molecular weight is 407 g/mol. The molecule has 7 heteroatoms. The number of rotatable bonds is 4. The van der Waals surface area contributed by atoms with Crippen LogP contribution in [0.1, 0.15) is 31.1 Å². The van der Waals surface area contributed by atoms with E-state index < -0.39 is 0 Å². The van der Waals surface area contributed by atoms with Crippen molar-refractivity contribution >= 4 is 23.4 Å². The third-order valence-corrected chi connectivity index (χ3v) is 5.49. The molecule has 0 fully saturated rings. The Morgan fingerprint density at radius 1 is 1.17 bits per heavy atom. The van der Waals surface area contributed by atoms with Gasteiger partial charge in [0.2, 0.25) is 11.1 Å². The Morgan fingerprint density at radius 2 is 1.93 bits per heavy atom. The summed E-state index contributed by atoms with van der Waals surface area (Å²) < 4.78 is 5.58. The first-order valence-electron chi connectivity index (χ1n) is 9.52. The van der Waals surface area contributed by atoms with Gasteiger partial charge in [0.1, 0.15) is 11.4 Å². The summed E-state index contributed by atoms with van der Waals surface area (Å²) in [6.07, 6.45) is 2.49. The van der Waals surface area contributed by atoms with Crippen LogP contribution in [-0.4, -0.2) is 34.0 Å². The summed E-state index contributed by atoms with van der Waals surface area (Å²) in [4.78, 5) is 19.4. The number of hydrogen-bond donors (Lipinski definition) is 0. The van der Waals surface area contributed by atoms with Crippen molar-refractivity contribution in [2.75, 3.05) is 17.8 Å². The van der Waals surface area contributed by atoms with Crippen molar-refractivity contribution in [3.63, 3.8) is 0 Å². The Kier molecular flexibility index (Phi) is 5.49. The summed E-state index contributed by atoms with van der Waals surface area (Å²) in [5, 5.41) is 9.32. The molecule has 1 aliphatic rings. The Balaban J connectivity index is 1.89. The maximum absolute atomic E-state index is 12.8. The maximum Gasteiger partial charge on any atom is 0.224 e. The molecule has 0 saturated carbocycles. The van der Waals surface area contributed by atoms with E-state index in [9.17, 15) is 4.79 Å². The Morgan fingerprint density at radius 3 is 2.62 bits per heavy atom. The molecule has 0 bridgehead atoms. The topological polar surface area (TPSA) is 68.2 Å². The lowest BCUT2D eigenvalue weighted by atomic mass is 10.00. The molecule has 4 rings (SSSR count). The van der Waals surface area contributed by atoms with Gasteiger partial charge in [-0.25, -0.2) is 4.98 Å². The second-order valence-corrected chi connectivity index (χ2v) is 7.50. The number of nitrogens with zero attached hydrogens (tertiary/aromatic N) is 4. The monoisotopic (exact) mass is 406 g/mol. The number of para-hydroxylation sites is 1. The highest BCUT2D eigenvalue weighted by molar-refractivity contribution is 7.98. The lowest BCUT2D eigenvalue weighted by molar-refractivity contribution is -0.117. The van der Waals surface area contributed by atoms with Gasteiger partial charge >= 0.3 is 0 Å². The highest BCUT2D eigenvalue weighted by Crippen LogP contribution is 2.41. The van der Waals surface area contributed by atoms with Crippen LogP contribution in [-0.2, 0) is 11.2 Å². The Bertz CT molecular complexity index is 1040. The zero-order valence-corrected chi connectivity index (χ0v) is 17.4. The van der Waals surface area contributed by atoms with Crippen molar-refractivity contribution in [1.29, 1.82) is 0 Å². The lowest BCUT2D eigenvalue weighted by Crippen LogP contribution is -2.34. The summed E-state index contributed by atoms with van der Waals surface area (Å²) in [5.41, 5.74) is 4.30. The van der Waals surface area contributed by atoms with Crippen LogP contribution >= 0.6 is 11.8 Å². The number of thioether (sulfide) groups is 1. The highest BCUT2D eigenvalue weighted by Gasteiger charge is 2.33. The molecule has 6 nitrogen and oxygen atoms in total. The third-order valence-electron chi connectivity index (χ3n) is 4.95. The Hall–Kier alpha value is -2.93. The molecule has 3 aromatic rings. The molecule has 0 saturated heterocycles. The number of carbonyl (C=O) groups excluding carboxylic acids is 1. The van der Waals surface area contributed by atoms with E-state index in [1.165, 1.54) is 11.8 Å². The molecule has 1 amide bonds. The van der Waals surface area contributed by atoms with E-state index >= 15 is 0 Å². The standard InChI is InChI=1S/C22H22N4O2S/c1-4-28-16-11-9-15(10-12-16)20-13-18-21(24-25-22(23-18)29-3)17-7-5-6-8-19(17)26(20)14(2)27/h5-12,20H,4,13H2,1-3H3. The number of amides is 1. The number of hydrogen-bond acceptors (Lipinski definition) is 6. The summed E-state index contributed by atoms with van der Waals surface area (Å²) >= 11 is 1.46. The predicted octanol–water partition coefficient (Wildman–Crippen LogP) is 4.31. The molecule has 2 heterocycles. The minimum Gasteiger partial charge on any atom is -0.494 e. The minimum atomic E-state index is -0.197. The quantitative estimate of drug-likeness (QED) is 0.602. The number of benzene rings is 2. The van der Waals surface area contributed by atoms with Gasteiger partial charge in [-0.3, -0.25) is 4.79 Å². The minimum absolute atomic E-state index is 0.0257. The third kappa shape index (κ3) is 3.70. The Labute approximate surface area is 174 Å². The number of anilines is 1. The molecule has 0 aliphatic carbocycles. The van der Waals surface area contributed by atoms with E-state index in [1.807, 2.05) is 66.6 Å². The zero-order valence-electron chi connectivity index (χ0n) is 16.6. The van der Waals surface area contributed by atoms with Crippen LogP contribution in [0.15, 0.2) is 53.7 Å². The molecule has 2 aromatic carbocycles. The first kappa shape index (κ1) is 19.4. The van der Waals surface area contributed by atoms with Crippen LogP contribution in [0.3, 0.4) is 0 Å². The number of fused-ring (bicyclic) bond motifs is 3. The van der Waals surface area contributed by atoms with Gasteiger partial charge in [0.15, 0.2) is 0 Å². The van der Waals surface area contributed by atoms with E-state index in [-0.39, 0.29) is 11.9 Å². The lowest BCUT2D eigenvalue weighted by Gasteiger charge is -2.30. The van der Waals surface area contributed by atoms with Crippen molar-refractivity contribution in [2.45, 2.75) is 31.5 Å². The molecule has 0 radical (unpaired) electrons. The fourth-order valence-corrected chi connectivity index (χ4v) is 4.04. The predicted molar refractivity (Wildman–Crippen MR) is 114 cm³/mol. The number of aromatic nitrogens is 3. The van der Waals surface area contributed by atoms with Crippen LogP contribution in [0.5, 0.6) is 5.75 Å². The second-order valence-electron chi connectivity index (χ2n) is 6.72. The fourth-order valence-electron chi connectivity index (χ4n) is 3.71. The van der Waals surface area contributed by atoms with Crippen LogP contribution in [0.25, 0.3) is 11.3 Å². The first-order chi connectivity index (χ1) is 14.1. The van der Waals surface area contributed by atoms with Crippen molar-refractivity contribution in [2.24, 2.45) is 0 Å². The zero-order chi connectivity index (χ0) is 20.4. The van der Waals surface area contributed by atoms with E-state index in [1.54, 1.807) is 6.92 Å². The van der Waals surface area contributed by atoms with Gasteiger partial charge in [-0.05, 0) is 36.9 Å². The maximum atomic E-state index is 12.8. The smallest absolute Gasteiger partial charge is 0.224 e. The van der Waals surface area contributed by atoms with Gasteiger partial charge in [-0.1, -0.05) is 42.1 Å². The van der Waals surface area contributed by atoms with E-state index in [0.717, 1.165) is 34.0 Å². The molecule has 148 valence electrons. The van der Waals surface area contributed by atoms with Gasteiger partial charge in [0.05, 0.1) is 24.0 Å². The summed E-state index contributed by atoms with van der Waals surface area (Å²) in [5.74, 6) is 0.788. The van der Waals surface area contributed by atoms with Gasteiger partial charge in [-0.2, -0.15) is 0 Å². The van der Waals surface area contributed by atoms with Crippen LogP contribution in [0.2, 0.25) is 0 Å². The molecule has 1 aliphatic heterocycles. The van der Waals surface area contributed by atoms with Gasteiger partial charge < -0.3 is 9.64 Å². The fraction of sp³-hybridized carbons (Fsp3) is 0.273. The molecule has 0 spiro atoms. The molecule has 1 aromatic heterocycles. The largest absolute Gasteiger partial charge is 0.494 e. The SMILES string of the molecule is CCOc1ccc(C2Cc3nc(SC)nnc3-c3ccccc3N2C(C)=O)cc1. The van der Waals surface area contributed by atoms with Crippen molar-refractivity contribution in [3.05, 3.63) is 59.8 Å². The molecular weight excluding hydrogens is 384 g/mol. The molecular formula is C22H22N4O2S. The van der Waals surface area contributed by atoms with Gasteiger partial charge in [0.25, 0.3) is 0 Å². The highest BCUT2D eigenvalue weighted by atomic mass is 32.2.